The van der Waals surface area contributed by atoms with Crippen LogP contribution in [0.15, 0.2) is 48.5 Å². The van der Waals surface area contributed by atoms with Gasteiger partial charge in [0.05, 0.1) is 23.2 Å². The zero-order chi connectivity index (χ0) is 21.3. The minimum atomic E-state index is -0.504. The summed E-state index contributed by atoms with van der Waals surface area (Å²) in [5.41, 5.74) is 7.75. The zero-order valence-corrected chi connectivity index (χ0v) is 17.0. The number of hydrogen-bond acceptors (Lipinski definition) is 3. The van der Waals surface area contributed by atoms with Crippen LogP contribution in [0, 0.1) is 5.82 Å². The number of carbonyl (C=O) groups excluding carboxylic acids is 2. The van der Waals surface area contributed by atoms with E-state index in [-0.39, 0.29) is 28.8 Å². The molecule has 7 heteroatoms. The lowest BCUT2D eigenvalue weighted by Crippen LogP contribution is -2.39. The van der Waals surface area contributed by atoms with E-state index in [9.17, 15) is 14.0 Å². The Morgan fingerprint density at radius 1 is 1.13 bits per heavy atom. The monoisotopic (exact) mass is 425 g/mol. The molecule has 1 aliphatic rings. The minimum absolute atomic E-state index is 0.0261. The van der Waals surface area contributed by atoms with Gasteiger partial charge in [-0.2, -0.15) is 0 Å². The van der Waals surface area contributed by atoms with E-state index in [4.69, 9.17) is 22.3 Å². The van der Waals surface area contributed by atoms with Crippen LogP contribution in [-0.2, 0) is 11.2 Å². The van der Waals surface area contributed by atoms with Crippen LogP contribution in [0.4, 0.5) is 4.39 Å². The molecule has 4 rings (SSSR count). The molecule has 0 bridgehead atoms. The summed E-state index contributed by atoms with van der Waals surface area (Å²) in [5.74, 6) is -1.12. The van der Waals surface area contributed by atoms with Crippen molar-refractivity contribution in [3.05, 3.63) is 76.2 Å². The number of nitrogens with zero attached hydrogens (tertiary/aromatic N) is 2. The number of halogens is 2. The van der Waals surface area contributed by atoms with Gasteiger partial charge in [0.15, 0.2) is 0 Å². The first-order valence-corrected chi connectivity index (χ1v) is 10.2. The maximum absolute atomic E-state index is 14.0. The molecule has 1 aromatic heterocycles. The molecule has 1 aliphatic heterocycles. The van der Waals surface area contributed by atoms with Crippen molar-refractivity contribution in [2.75, 3.05) is 13.1 Å². The minimum Gasteiger partial charge on any atom is -0.366 e. The Kier molecular flexibility index (Phi) is 5.68. The summed E-state index contributed by atoms with van der Waals surface area (Å²) in [6, 6.07) is 13.8. The summed E-state index contributed by atoms with van der Waals surface area (Å²) in [5, 5.41) is 1.12. The highest BCUT2D eigenvalue weighted by Crippen LogP contribution is 2.31. The Balaban J connectivity index is 1.50. The van der Waals surface area contributed by atoms with Gasteiger partial charge in [-0.25, -0.2) is 4.39 Å². The molecule has 2 heterocycles. The number of aromatic nitrogens is 1. The summed E-state index contributed by atoms with van der Waals surface area (Å²) in [7, 11) is 0. The molecule has 1 saturated heterocycles. The van der Waals surface area contributed by atoms with E-state index in [1.807, 2.05) is 24.3 Å². The number of piperidine rings is 1. The van der Waals surface area contributed by atoms with Gasteiger partial charge in [-0.1, -0.05) is 35.9 Å². The van der Waals surface area contributed by atoms with Crippen LogP contribution in [-0.4, -0.2) is 34.8 Å². The molecule has 2 amide bonds. The highest BCUT2D eigenvalue weighted by atomic mass is 35.5. The number of rotatable bonds is 4. The molecule has 0 unspecified atom stereocenters. The fraction of sp³-hybridized carbons (Fsp3) is 0.261. The largest absolute Gasteiger partial charge is 0.366 e. The summed E-state index contributed by atoms with van der Waals surface area (Å²) in [6.07, 6.45) is 1.24. The molecule has 5 nitrogen and oxygen atoms in total. The topological polar surface area (TPSA) is 76.3 Å². The Morgan fingerprint density at radius 2 is 1.87 bits per heavy atom. The number of nitrogens with two attached hydrogens (primary N) is 1. The number of benzene rings is 2. The van der Waals surface area contributed by atoms with Crippen LogP contribution < -0.4 is 5.73 Å². The van der Waals surface area contributed by atoms with Gasteiger partial charge < -0.3 is 10.6 Å². The van der Waals surface area contributed by atoms with Crippen LogP contribution in [0.2, 0.25) is 5.02 Å². The average molecular weight is 426 g/mol. The molecule has 154 valence electrons. The first-order valence-electron chi connectivity index (χ1n) is 9.84. The Labute approximate surface area is 178 Å². The molecule has 3 aromatic rings. The SMILES string of the molecule is NC(=O)c1cc2ccccc2nc1C1CCN(C(=O)Cc2c(F)cccc2Cl)CC1. The van der Waals surface area contributed by atoms with Crippen molar-refractivity contribution >= 4 is 34.3 Å². The predicted molar refractivity (Wildman–Crippen MR) is 114 cm³/mol. The first kappa shape index (κ1) is 20.3. The molecule has 2 N–H and O–H groups in total. The fourth-order valence-electron chi connectivity index (χ4n) is 4.01. The molecular weight excluding hydrogens is 405 g/mol. The number of amides is 2. The van der Waals surface area contributed by atoms with Crippen LogP contribution >= 0.6 is 11.6 Å². The van der Waals surface area contributed by atoms with E-state index >= 15 is 0 Å². The van der Waals surface area contributed by atoms with E-state index in [2.05, 4.69) is 0 Å². The number of likely N-dealkylation sites (tertiary alicyclic amines) is 1. The van der Waals surface area contributed by atoms with Crippen molar-refractivity contribution < 1.29 is 14.0 Å². The van der Waals surface area contributed by atoms with Crippen molar-refractivity contribution in [3.8, 4) is 0 Å². The van der Waals surface area contributed by atoms with Crippen molar-refractivity contribution in [1.29, 1.82) is 0 Å². The van der Waals surface area contributed by atoms with Gasteiger partial charge in [0.1, 0.15) is 5.82 Å². The number of hydrogen-bond donors (Lipinski definition) is 1. The molecule has 30 heavy (non-hydrogen) atoms. The second-order valence-electron chi connectivity index (χ2n) is 7.51. The van der Waals surface area contributed by atoms with Crippen molar-refractivity contribution in [2.24, 2.45) is 5.73 Å². The number of pyridine rings is 1. The van der Waals surface area contributed by atoms with Gasteiger partial charge in [-0.05, 0) is 37.1 Å². The van der Waals surface area contributed by atoms with E-state index in [0.717, 1.165) is 10.9 Å². The van der Waals surface area contributed by atoms with E-state index in [1.165, 1.54) is 12.1 Å². The Hall–Kier alpha value is -2.99. The molecule has 0 saturated carbocycles. The number of fused-ring (bicyclic) bond motifs is 1. The van der Waals surface area contributed by atoms with Crippen LogP contribution in [0.3, 0.4) is 0 Å². The van der Waals surface area contributed by atoms with Gasteiger partial charge in [0, 0.05) is 35.0 Å². The van der Waals surface area contributed by atoms with Gasteiger partial charge in [-0.15, -0.1) is 0 Å². The van der Waals surface area contributed by atoms with Crippen LogP contribution in [0.1, 0.15) is 40.4 Å². The van der Waals surface area contributed by atoms with E-state index in [0.29, 0.717) is 37.2 Å². The van der Waals surface area contributed by atoms with Gasteiger partial charge in [0.25, 0.3) is 5.91 Å². The lowest BCUT2D eigenvalue weighted by molar-refractivity contribution is -0.131. The average Bonchev–Trinajstić information content (AvgIpc) is 2.75. The number of para-hydroxylation sites is 1. The lowest BCUT2D eigenvalue weighted by atomic mass is 9.89. The maximum atomic E-state index is 14.0. The highest BCUT2D eigenvalue weighted by Gasteiger charge is 2.28. The van der Waals surface area contributed by atoms with Crippen molar-refractivity contribution in [1.82, 2.24) is 9.88 Å². The van der Waals surface area contributed by atoms with Gasteiger partial charge >= 0.3 is 0 Å². The molecule has 0 radical (unpaired) electrons. The van der Waals surface area contributed by atoms with Crippen molar-refractivity contribution in [2.45, 2.75) is 25.2 Å². The molecular formula is C23H21ClFN3O2. The van der Waals surface area contributed by atoms with E-state index in [1.54, 1.807) is 17.0 Å². The summed E-state index contributed by atoms with van der Waals surface area (Å²) < 4.78 is 14.0. The second-order valence-corrected chi connectivity index (χ2v) is 7.92. The summed E-state index contributed by atoms with van der Waals surface area (Å²) in [6.45, 7) is 1.00. The first-order chi connectivity index (χ1) is 14.4. The maximum Gasteiger partial charge on any atom is 0.250 e. The lowest BCUT2D eigenvalue weighted by Gasteiger charge is -2.32. The fourth-order valence-corrected chi connectivity index (χ4v) is 4.24. The molecule has 0 spiro atoms. The Morgan fingerprint density at radius 3 is 2.57 bits per heavy atom. The third-order valence-electron chi connectivity index (χ3n) is 5.64. The number of carbonyl (C=O) groups is 2. The summed E-state index contributed by atoms with van der Waals surface area (Å²) >= 11 is 6.05. The quantitative estimate of drug-likeness (QED) is 0.684. The van der Waals surface area contributed by atoms with E-state index < -0.39 is 11.7 Å². The third-order valence-corrected chi connectivity index (χ3v) is 6.00. The van der Waals surface area contributed by atoms with Crippen LogP contribution in [0.5, 0.6) is 0 Å². The molecule has 1 fully saturated rings. The Bertz CT molecular complexity index is 1110. The molecule has 2 aromatic carbocycles. The second kappa shape index (κ2) is 8.40. The van der Waals surface area contributed by atoms with Gasteiger partial charge in [0.2, 0.25) is 5.91 Å². The highest BCUT2D eigenvalue weighted by molar-refractivity contribution is 6.31. The molecule has 0 atom stereocenters. The smallest absolute Gasteiger partial charge is 0.250 e. The molecule has 0 aliphatic carbocycles. The predicted octanol–water partition coefficient (Wildman–Crippen LogP) is 4.07. The number of primary amides is 1. The van der Waals surface area contributed by atoms with Gasteiger partial charge in [-0.3, -0.25) is 14.6 Å². The zero-order valence-electron chi connectivity index (χ0n) is 16.3. The van der Waals surface area contributed by atoms with Crippen LogP contribution in [0.25, 0.3) is 10.9 Å². The third kappa shape index (κ3) is 4.00. The normalized spacial score (nSPS) is 14.8. The summed E-state index contributed by atoms with van der Waals surface area (Å²) in [4.78, 5) is 31.1. The van der Waals surface area contributed by atoms with Crippen molar-refractivity contribution in [3.63, 3.8) is 0 Å². The standard InChI is InChI=1S/C23H21ClFN3O2/c24-18-5-3-6-19(25)16(18)13-21(29)28-10-8-14(9-11-28)22-17(23(26)30)12-15-4-1-2-7-20(15)27-22/h1-7,12,14H,8-11,13H2,(H2,26,30).